The maximum Gasteiger partial charge on any atom is 0.122 e. The third-order valence-corrected chi connectivity index (χ3v) is 3.07. The van der Waals surface area contributed by atoms with Gasteiger partial charge in [-0.05, 0) is 31.5 Å². The summed E-state index contributed by atoms with van der Waals surface area (Å²) in [4.78, 5) is 2.36. The maximum absolute atomic E-state index is 5.85. The molecule has 1 atom stereocenters. The van der Waals surface area contributed by atoms with Gasteiger partial charge in [0.15, 0.2) is 0 Å². The number of ether oxygens (including phenoxy) is 1. The fourth-order valence-corrected chi connectivity index (χ4v) is 2.07. The summed E-state index contributed by atoms with van der Waals surface area (Å²) in [7, 11) is 0. The van der Waals surface area contributed by atoms with E-state index in [2.05, 4.69) is 17.9 Å². The monoisotopic (exact) mass is 220 g/mol. The van der Waals surface area contributed by atoms with E-state index in [9.17, 15) is 0 Å². The van der Waals surface area contributed by atoms with Crippen molar-refractivity contribution < 1.29 is 4.74 Å². The molecule has 0 spiro atoms. The van der Waals surface area contributed by atoms with Gasteiger partial charge in [0, 0.05) is 19.1 Å². The highest BCUT2D eigenvalue weighted by molar-refractivity contribution is 5.31. The number of aryl methyl sites for hydroxylation is 1. The topological polar surface area (TPSA) is 38.5 Å². The minimum atomic E-state index is 0.360. The average molecular weight is 220 g/mol. The second-order valence-electron chi connectivity index (χ2n) is 4.46. The molecule has 3 nitrogen and oxygen atoms in total. The summed E-state index contributed by atoms with van der Waals surface area (Å²) < 4.78 is 5.75. The molecule has 1 saturated heterocycles. The number of rotatable bonds is 4. The predicted molar refractivity (Wildman–Crippen MR) is 65.7 cm³/mol. The van der Waals surface area contributed by atoms with Gasteiger partial charge in [-0.3, -0.25) is 4.90 Å². The van der Waals surface area contributed by atoms with Gasteiger partial charge in [-0.1, -0.05) is 18.2 Å². The fourth-order valence-electron chi connectivity index (χ4n) is 2.07. The molecule has 3 heteroatoms. The van der Waals surface area contributed by atoms with Crippen LogP contribution in [0, 0.1) is 6.92 Å². The third kappa shape index (κ3) is 2.97. The summed E-state index contributed by atoms with van der Waals surface area (Å²) in [5.74, 6) is 0.992. The van der Waals surface area contributed by atoms with Crippen molar-refractivity contribution in [3.8, 4) is 5.75 Å². The Morgan fingerprint density at radius 2 is 2.25 bits per heavy atom. The molecule has 0 bridgehead atoms. The molecule has 0 aromatic heterocycles. The highest BCUT2D eigenvalue weighted by Crippen LogP contribution is 2.16. The van der Waals surface area contributed by atoms with Crippen molar-refractivity contribution in [3.05, 3.63) is 29.8 Å². The molecular formula is C13H20N2O. The van der Waals surface area contributed by atoms with Gasteiger partial charge >= 0.3 is 0 Å². The van der Waals surface area contributed by atoms with E-state index in [1.807, 2.05) is 18.2 Å². The zero-order valence-corrected chi connectivity index (χ0v) is 9.86. The van der Waals surface area contributed by atoms with E-state index in [1.54, 1.807) is 0 Å². The van der Waals surface area contributed by atoms with Crippen LogP contribution in [0.15, 0.2) is 24.3 Å². The van der Waals surface area contributed by atoms with Crippen molar-refractivity contribution in [1.29, 1.82) is 0 Å². The molecule has 88 valence electrons. The van der Waals surface area contributed by atoms with Gasteiger partial charge in [0.2, 0.25) is 0 Å². The molecule has 1 aliphatic heterocycles. The standard InChI is InChI=1S/C13H20N2O/c1-11-4-2-3-5-13(11)16-9-8-15-7-6-12(14)10-15/h2-5,12H,6-10,14H2,1H3/t12-/m1/s1. The summed E-state index contributed by atoms with van der Waals surface area (Å²) in [6.07, 6.45) is 1.12. The molecule has 1 fully saturated rings. The molecule has 1 aromatic carbocycles. The van der Waals surface area contributed by atoms with E-state index in [-0.39, 0.29) is 0 Å². The zero-order chi connectivity index (χ0) is 11.4. The van der Waals surface area contributed by atoms with Crippen LogP contribution in [-0.2, 0) is 0 Å². The number of likely N-dealkylation sites (tertiary alicyclic amines) is 1. The molecule has 0 unspecified atom stereocenters. The Balaban J connectivity index is 1.74. The summed E-state index contributed by atoms with van der Waals surface area (Å²) >= 11 is 0. The van der Waals surface area contributed by atoms with Gasteiger partial charge < -0.3 is 10.5 Å². The fraction of sp³-hybridized carbons (Fsp3) is 0.538. The van der Waals surface area contributed by atoms with Crippen molar-refractivity contribution in [2.75, 3.05) is 26.2 Å². The molecule has 2 rings (SSSR count). The van der Waals surface area contributed by atoms with Crippen molar-refractivity contribution in [2.24, 2.45) is 5.73 Å². The van der Waals surface area contributed by atoms with Crippen molar-refractivity contribution >= 4 is 0 Å². The number of nitrogens with zero attached hydrogens (tertiary/aromatic N) is 1. The van der Waals surface area contributed by atoms with E-state index in [4.69, 9.17) is 10.5 Å². The molecule has 1 aromatic rings. The number of benzene rings is 1. The quantitative estimate of drug-likeness (QED) is 0.833. The summed E-state index contributed by atoms with van der Waals surface area (Å²) in [6, 6.07) is 8.49. The van der Waals surface area contributed by atoms with Crippen LogP contribution in [0.3, 0.4) is 0 Å². The molecule has 16 heavy (non-hydrogen) atoms. The Kier molecular flexibility index (Phi) is 3.80. The van der Waals surface area contributed by atoms with Crippen LogP contribution in [0.2, 0.25) is 0 Å². The summed E-state index contributed by atoms with van der Waals surface area (Å²) in [5, 5.41) is 0. The lowest BCUT2D eigenvalue weighted by Crippen LogP contribution is -2.29. The minimum absolute atomic E-state index is 0.360. The van der Waals surface area contributed by atoms with Crippen molar-refractivity contribution in [1.82, 2.24) is 4.90 Å². The predicted octanol–water partition coefficient (Wildman–Crippen LogP) is 1.41. The Morgan fingerprint density at radius 3 is 2.94 bits per heavy atom. The van der Waals surface area contributed by atoms with E-state index in [0.717, 1.165) is 38.4 Å². The maximum atomic E-state index is 5.85. The normalized spacial score (nSPS) is 21.2. The van der Waals surface area contributed by atoms with Gasteiger partial charge in [-0.2, -0.15) is 0 Å². The van der Waals surface area contributed by atoms with E-state index in [0.29, 0.717) is 6.04 Å². The largest absolute Gasteiger partial charge is 0.492 e. The first-order valence-electron chi connectivity index (χ1n) is 5.92. The van der Waals surface area contributed by atoms with Gasteiger partial charge in [0.1, 0.15) is 12.4 Å². The summed E-state index contributed by atoms with van der Waals surface area (Å²) in [6.45, 7) is 5.91. The lowest BCUT2D eigenvalue weighted by Gasteiger charge is -2.16. The van der Waals surface area contributed by atoms with Gasteiger partial charge in [0.05, 0.1) is 0 Å². The van der Waals surface area contributed by atoms with E-state index < -0.39 is 0 Å². The summed E-state index contributed by atoms with van der Waals surface area (Å²) in [5.41, 5.74) is 7.04. The van der Waals surface area contributed by atoms with Gasteiger partial charge in [-0.25, -0.2) is 0 Å². The van der Waals surface area contributed by atoms with Crippen LogP contribution in [0.25, 0.3) is 0 Å². The number of nitrogens with two attached hydrogens (primary N) is 1. The van der Waals surface area contributed by atoms with Crippen LogP contribution in [-0.4, -0.2) is 37.2 Å². The Labute approximate surface area is 97.2 Å². The number of hydrogen-bond acceptors (Lipinski definition) is 3. The average Bonchev–Trinajstić information content (AvgIpc) is 2.67. The molecular weight excluding hydrogens is 200 g/mol. The van der Waals surface area contributed by atoms with Crippen LogP contribution >= 0.6 is 0 Å². The van der Waals surface area contributed by atoms with Gasteiger partial charge in [-0.15, -0.1) is 0 Å². The van der Waals surface area contributed by atoms with E-state index in [1.165, 1.54) is 5.56 Å². The molecule has 0 aliphatic carbocycles. The second kappa shape index (κ2) is 5.32. The molecule has 1 heterocycles. The first kappa shape index (κ1) is 11.4. The molecule has 0 radical (unpaired) electrons. The SMILES string of the molecule is Cc1ccccc1OCCN1CC[C@@H](N)C1. The second-order valence-corrected chi connectivity index (χ2v) is 4.46. The molecule has 1 aliphatic rings. The Bertz CT molecular complexity index is 340. The highest BCUT2D eigenvalue weighted by Gasteiger charge is 2.18. The van der Waals surface area contributed by atoms with Crippen molar-refractivity contribution in [2.45, 2.75) is 19.4 Å². The van der Waals surface area contributed by atoms with Crippen LogP contribution in [0.4, 0.5) is 0 Å². The number of hydrogen-bond donors (Lipinski definition) is 1. The van der Waals surface area contributed by atoms with E-state index >= 15 is 0 Å². The van der Waals surface area contributed by atoms with Crippen LogP contribution in [0.1, 0.15) is 12.0 Å². The first-order chi connectivity index (χ1) is 7.75. The smallest absolute Gasteiger partial charge is 0.122 e. The molecule has 2 N–H and O–H groups in total. The van der Waals surface area contributed by atoms with Crippen LogP contribution in [0.5, 0.6) is 5.75 Å². The molecule has 0 amide bonds. The Hall–Kier alpha value is -1.06. The van der Waals surface area contributed by atoms with Crippen LogP contribution < -0.4 is 10.5 Å². The highest BCUT2D eigenvalue weighted by atomic mass is 16.5. The lowest BCUT2D eigenvalue weighted by atomic mass is 10.2. The first-order valence-corrected chi connectivity index (χ1v) is 5.92. The Morgan fingerprint density at radius 1 is 1.44 bits per heavy atom. The molecule has 0 saturated carbocycles. The number of para-hydroxylation sites is 1. The zero-order valence-electron chi connectivity index (χ0n) is 9.86. The lowest BCUT2D eigenvalue weighted by molar-refractivity contribution is 0.235. The minimum Gasteiger partial charge on any atom is -0.492 e. The third-order valence-electron chi connectivity index (χ3n) is 3.07. The van der Waals surface area contributed by atoms with Gasteiger partial charge in [0.25, 0.3) is 0 Å². The van der Waals surface area contributed by atoms with Crippen molar-refractivity contribution in [3.63, 3.8) is 0 Å².